The summed E-state index contributed by atoms with van der Waals surface area (Å²) in [6.45, 7) is 8.78. The molecule has 1 aromatic heterocycles. The van der Waals surface area contributed by atoms with Crippen LogP contribution in [0, 0.1) is 0 Å². The van der Waals surface area contributed by atoms with Crippen LogP contribution in [0.2, 0.25) is 0 Å². The predicted octanol–water partition coefficient (Wildman–Crippen LogP) is 5.00. The van der Waals surface area contributed by atoms with E-state index in [4.69, 9.17) is 0 Å². The van der Waals surface area contributed by atoms with E-state index in [-0.39, 0.29) is 0 Å². The zero-order valence-electron chi connectivity index (χ0n) is 11.6. The van der Waals surface area contributed by atoms with Gasteiger partial charge < -0.3 is 0 Å². The summed E-state index contributed by atoms with van der Waals surface area (Å²) in [7, 11) is 0. The van der Waals surface area contributed by atoms with Gasteiger partial charge in [-0.3, -0.25) is 4.98 Å². The van der Waals surface area contributed by atoms with E-state index in [1.165, 1.54) is 16.7 Å². The molecule has 0 saturated carbocycles. The lowest BCUT2D eigenvalue weighted by molar-refractivity contribution is 0.823. The Bertz CT molecular complexity index is 509. The second kappa shape index (κ2) is 5.34. The minimum atomic E-state index is 0.487. The van der Waals surface area contributed by atoms with Crippen LogP contribution in [-0.4, -0.2) is 4.98 Å². The molecule has 0 aliphatic heterocycles. The molecule has 0 amide bonds. The Kier molecular flexibility index (Phi) is 3.81. The third kappa shape index (κ3) is 2.79. The summed E-state index contributed by atoms with van der Waals surface area (Å²) in [5.74, 6) is 1.05. The minimum absolute atomic E-state index is 0.487. The first-order valence-corrected chi connectivity index (χ1v) is 6.64. The monoisotopic (exact) mass is 239 g/mol. The normalized spacial score (nSPS) is 11.2. The third-order valence-corrected chi connectivity index (χ3v) is 3.26. The van der Waals surface area contributed by atoms with E-state index in [2.05, 4.69) is 69.1 Å². The van der Waals surface area contributed by atoms with E-state index >= 15 is 0 Å². The summed E-state index contributed by atoms with van der Waals surface area (Å²) in [4.78, 5) is 4.53. The van der Waals surface area contributed by atoms with Gasteiger partial charge in [-0.1, -0.05) is 58.0 Å². The Morgan fingerprint density at radius 1 is 0.833 bits per heavy atom. The van der Waals surface area contributed by atoms with E-state index < -0.39 is 0 Å². The molecule has 1 heteroatoms. The maximum absolute atomic E-state index is 4.53. The Balaban J connectivity index is 2.33. The van der Waals surface area contributed by atoms with Gasteiger partial charge in [0.05, 0.1) is 0 Å². The molecular formula is C17H21N. The highest BCUT2D eigenvalue weighted by Crippen LogP contribution is 2.24. The van der Waals surface area contributed by atoms with Crippen LogP contribution >= 0.6 is 0 Å². The molecule has 0 spiro atoms. The quantitative estimate of drug-likeness (QED) is 0.735. The molecule has 2 aromatic rings. The van der Waals surface area contributed by atoms with Crippen LogP contribution in [0.5, 0.6) is 0 Å². The molecule has 1 heterocycles. The van der Waals surface area contributed by atoms with Crippen molar-refractivity contribution in [1.29, 1.82) is 0 Å². The van der Waals surface area contributed by atoms with Crippen LogP contribution in [0.3, 0.4) is 0 Å². The van der Waals surface area contributed by atoms with Crippen LogP contribution in [0.1, 0.15) is 50.8 Å². The van der Waals surface area contributed by atoms with Gasteiger partial charge in [-0.05, 0) is 29.0 Å². The van der Waals surface area contributed by atoms with Crippen molar-refractivity contribution in [3.8, 4) is 11.1 Å². The predicted molar refractivity (Wildman–Crippen MR) is 77.9 cm³/mol. The molecule has 0 aliphatic carbocycles. The van der Waals surface area contributed by atoms with Crippen molar-refractivity contribution < 1.29 is 0 Å². The second-order valence-electron chi connectivity index (χ2n) is 5.41. The molecule has 94 valence electrons. The van der Waals surface area contributed by atoms with E-state index in [0.717, 1.165) is 5.69 Å². The first kappa shape index (κ1) is 12.8. The van der Waals surface area contributed by atoms with Gasteiger partial charge in [-0.25, -0.2) is 0 Å². The van der Waals surface area contributed by atoms with Gasteiger partial charge in [-0.15, -0.1) is 0 Å². The number of benzene rings is 1. The average Bonchev–Trinajstić information content (AvgIpc) is 2.39. The van der Waals surface area contributed by atoms with E-state index in [1.54, 1.807) is 0 Å². The van der Waals surface area contributed by atoms with Crippen molar-refractivity contribution in [2.75, 3.05) is 0 Å². The molecule has 0 radical (unpaired) electrons. The van der Waals surface area contributed by atoms with Crippen molar-refractivity contribution in [1.82, 2.24) is 4.98 Å². The molecule has 0 fully saturated rings. The summed E-state index contributed by atoms with van der Waals surface area (Å²) in [5, 5.41) is 0. The fourth-order valence-corrected chi connectivity index (χ4v) is 1.99. The maximum atomic E-state index is 4.53. The van der Waals surface area contributed by atoms with Gasteiger partial charge >= 0.3 is 0 Å². The molecule has 1 nitrogen and oxygen atoms in total. The van der Waals surface area contributed by atoms with E-state index in [1.807, 2.05) is 6.20 Å². The standard InChI is InChI=1S/C17H21N/c1-12(2)14-6-5-7-15(10-14)16-8-9-17(13(3)4)18-11-16/h5-13H,1-4H3. The zero-order valence-corrected chi connectivity index (χ0v) is 11.6. The molecule has 0 unspecified atom stereocenters. The molecular weight excluding hydrogens is 218 g/mol. The average molecular weight is 239 g/mol. The molecule has 18 heavy (non-hydrogen) atoms. The number of hydrogen-bond acceptors (Lipinski definition) is 1. The van der Waals surface area contributed by atoms with Gasteiger partial charge in [0, 0.05) is 17.5 Å². The number of aromatic nitrogens is 1. The maximum Gasteiger partial charge on any atom is 0.0429 e. The van der Waals surface area contributed by atoms with Crippen molar-refractivity contribution in [2.24, 2.45) is 0 Å². The van der Waals surface area contributed by atoms with Crippen LogP contribution in [0.4, 0.5) is 0 Å². The molecule has 0 saturated heterocycles. The molecule has 0 bridgehead atoms. The lowest BCUT2D eigenvalue weighted by atomic mass is 9.98. The summed E-state index contributed by atoms with van der Waals surface area (Å²) in [6.07, 6.45) is 1.98. The highest BCUT2D eigenvalue weighted by atomic mass is 14.7. The van der Waals surface area contributed by atoms with Gasteiger partial charge in [0.25, 0.3) is 0 Å². The summed E-state index contributed by atoms with van der Waals surface area (Å²) >= 11 is 0. The van der Waals surface area contributed by atoms with Crippen LogP contribution in [0.25, 0.3) is 11.1 Å². The smallest absolute Gasteiger partial charge is 0.0429 e. The highest BCUT2D eigenvalue weighted by Gasteiger charge is 2.04. The van der Waals surface area contributed by atoms with Crippen LogP contribution < -0.4 is 0 Å². The molecule has 0 N–H and O–H groups in total. The first-order valence-electron chi connectivity index (χ1n) is 6.64. The second-order valence-corrected chi connectivity index (χ2v) is 5.41. The van der Waals surface area contributed by atoms with Crippen LogP contribution in [-0.2, 0) is 0 Å². The Labute approximate surface area is 110 Å². The number of hydrogen-bond donors (Lipinski definition) is 0. The molecule has 2 rings (SSSR count). The zero-order chi connectivity index (χ0) is 13.1. The van der Waals surface area contributed by atoms with Crippen molar-refractivity contribution in [3.63, 3.8) is 0 Å². The fourth-order valence-electron chi connectivity index (χ4n) is 1.99. The van der Waals surface area contributed by atoms with Crippen molar-refractivity contribution in [2.45, 2.75) is 39.5 Å². The molecule has 0 aliphatic rings. The topological polar surface area (TPSA) is 12.9 Å². The number of pyridine rings is 1. The fraction of sp³-hybridized carbons (Fsp3) is 0.353. The Morgan fingerprint density at radius 3 is 2.17 bits per heavy atom. The Morgan fingerprint density at radius 2 is 1.61 bits per heavy atom. The van der Waals surface area contributed by atoms with Gasteiger partial charge in [0.15, 0.2) is 0 Å². The lowest BCUT2D eigenvalue weighted by Crippen LogP contribution is -1.92. The number of nitrogens with zero attached hydrogens (tertiary/aromatic N) is 1. The third-order valence-electron chi connectivity index (χ3n) is 3.26. The summed E-state index contributed by atoms with van der Waals surface area (Å²) in [6, 6.07) is 13.0. The Hall–Kier alpha value is -1.63. The van der Waals surface area contributed by atoms with Gasteiger partial charge in [0.2, 0.25) is 0 Å². The highest BCUT2D eigenvalue weighted by molar-refractivity contribution is 5.63. The van der Waals surface area contributed by atoms with Gasteiger partial charge in [0.1, 0.15) is 0 Å². The summed E-state index contributed by atoms with van der Waals surface area (Å²) < 4.78 is 0. The summed E-state index contributed by atoms with van der Waals surface area (Å²) in [5.41, 5.74) is 4.98. The van der Waals surface area contributed by atoms with Crippen molar-refractivity contribution >= 4 is 0 Å². The largest absolute Gasteiger partial charge is 0.260 e. The molecule has 1 aromatic carbocycles. The van der Waals surface area contributed by atoms with E-state index in [0.29, 0.717) is 11.8 Å². The first-order chi connectivity index (χ1) is 8.58. The lowest BCUT2D eigenvalue weighted by Gasteiger charge is -2.09. The number of rotatable bonds is 3. The van der Waals surface area contributed by atoms with Gasteiger partial charge in [-0.2, -0.15) is 0 Å². The van der Waals surface area contributed by atoms with Crippen molar-refractivity contribution in [3.05, 3.63) is 53.9 Å². The van der Waals surface area contributed by atoms with Crippen LogP contribution in [0.15, 0.2) is 42.6 Å². The SMILES string of the molecule is CC(C)c1cccc(-c2ccc(C(C)C)nc2)c1. The minimum Gasteiger partial charge on any atom is -0.260 e. The van der Waals surface area contributed by atoms with E-state index in [9.17, 15) is 0 Å². The molecule has 0 atom stereocenters.